The summed E-state index contributed by atoms with van der Waals surface area (Å²) in [7, 11) is 0. The summed E-state index contributed by atoms with van der Waals surface area (Å²) >= 11 is 0. The summed E-state index contributed by atoms with van der Waals surface area (Å²) in [6, 6.07) is 18.4. The molecule has 1 saturated carbocycles. The van der Waals surface area contributed by atoms with Crippen LogP contribution in [0, 0.1) is 0 Å². The number of hydrogen-bond acceptors (Lipinski definition) is 6. The summed E-state index contributed by atoms with van der Waals surface area (Å²) in [5, 5.41) is 6.89. The van der Waals surface area contributed by atoms with Crippen molar-refractivity contribution in [3.63, 3.8) is 0 Å². The first-order valence-electron chi connectivity index (χ1n) is 10.8. The summed E-state index contributed by atoms with van der Waals surface area (Å²) in [6.45, 7) is 0.544. The Morgan fingerprint density at radius 3 is 2.55 bits per heavy atom. The van der Waals surface area contributed by atoms with Crippen LogP contribution in [0.3, 0.4) is 0 Å². The molecule has 2 heterocycles. The molecule has 4 aromatic rings. The van der Waals surface area contributed by atoms with Gasteiger partial charge in [-0.15, -0.1) is 0 Å². The van der Waals surface area contributed by atoms with E-state index in [1.165, 1.54) is 32.1 Å². The van der Waals surface area contributed by atoms with E-state index in [1.807, 2.05) is 42.5 Å². The summed E-state index contributed by atoms with van der Waals surface area (Å²) in [4.78, 5) is 16.8. The van der Waals surface area contributed by atoms with Crippen molar-refractivity contribution >= 4 is 28.6 Å². The zero-order valence-corrected chi connectivity index (χ0v) is 17.3. The van der Waals surface area contributed by atoms with Gasteiger partial charge < -0.3 is 20.4 Å². The lowest BCUT2D eigenvalue weighted by Gasteiger charge is -2.23. The van der Waals surface area contributed by atoms with E-state index < -0.39 is 0 Å². The van der Waals surface area contributed by atoms with Gasteiger partial charge in [-0.3, -0.25) is 0 Å². The molecule has 0 unspecified atom stereocenters. The van der Waals surface area contributed by atoms with Crippen molar-refractivity contribution in [2.75, 3.05) is 10.6 Å². The van der Waals surface area contributed by atoms with E-state index in [1.54, 1.807) is 6.33 Å². The van der Waals surface area contributed by atoms with Gasteiger partial charge in [-0.05, 0) is 42.7 Å². The third-order valence-electron chi connectivity index (χ3n) is 5.59. The summed E-state index contributed by atoms with van der Waals surface area (Å²) in [6.07, 6.45) is 7.85. The van der Waals surface area contributed by atoms with Gasteiger partial charge in [0.25, 0.3) is 0 Å². The molecule has 31 heavy (non-hydrogen) atoms. The Morgan fingerprint density at radius 2 is 1.74 bits per heavy atom. The molecule has 5 rings (SSSR count). The first-order valence-corrected chi connectivity index (χ1v) is 10.8. The fraction of sp³-hybridized carbons (Fsp3) is 0.292. The van der Waals surface area contributed by atoms with Crippen LogP contribution in [0.2, 0.25) is 0 Å². The molecule has 0 aliphatic heterocycles. The second kappa shape index (κ2) is 9.04. The van der Waals surface area contributed by atoms with Gasteiger partial charge in [0.15, 0.2) is 11.5 Å². The average Bonchev–Trinajstić information content (AvgIpc) is 3.29. The minimum atomic E-state index is 0.448. The van der Waals surface area contributed by atoms with Crippen LogP contribution >= 0.6 is 0 Å². The van der Waals surface area contributed by atoms with Crippen LogP contribution in [0.4, 0.5) is 17.5 Å². The van der Waals surface area contributed by atoms with Gasteiger partial charge in [-0.1, -0.05) is 49.6 Å². The minimum Gasteiger partial charge on any atom is -0.489 e. The number of imidazole rings is 1. The molecule has 0 atom stereocenters. The van der Waals surface area contributed by atoms with E-state index in [2.05, 4.69) is 37.7 Å². The van der Waals surface area contributed by atoms with E-state index in [0.717, 1.165) is 28.3 Å². The molecule has 7 nitrogen and oxygen atoms in total. The number of nitrogens with one attached hydrogen (secondary N) is 3. The number of hydrogen-bond donors (Lipinski definition) is 3. The van der Waals surface area contributed by atoms with Gasteiger partial charge in [0.1, 0.15) is 17.9 Å². The highest BCUT2D eigenvalue weighted by Gasteiger charge is 2.17. The van der Waals surface area contributed by atoms with Gasteiger partial charge in [0, 0.05) is 11.7 Å². The van der Waals surface area contributed by atoms with Gasteiger partial charge in [-0.2, -0.15) is 9.97 Å². The number of fused-ring (bicyclic) bond motifs is 1. The Hall–Kier alpha value is -3.61. The Morgan fingerprint density at radius 1 is 0.935 bits per heavy atom. The highest BCUT2D eigenvalue weighted by molar-refractivity contribution is 5.84. The average molecular weight is 415 g/mol. The standard InChI is InChI=1S/C24H26N6O/c1-3-7-17(8-4-1)15-31-20-13-11-19(12-14-20)28-24-29-22-21(25-16-26-22)23(30-24)27-18-9-5-2-6-10-18/h1,3-4,7-8,11-14,16,18H,2,5-6,9-10,15H2,(H3,25,26,27,28,29,30). The number of rotatable bonds is 7. The maximum Gasteiger partial charge on any atom is 0.231 e. The van der Waals surface area contributed by atoms with Gasteiger partial charge in [0.05, 0.1) is 6.33 Å². The number of ether oxygens (including phenoxy) is 1. The Labute approximate surface area is 181 Å². The first-order chi connectivity index (χ1) is 15.3. The third-order valence-corrected chi connectivity index (χ3v) is 5.59. The predicted octanol–water partition coefficient (Wildman–Crippen LogP) is 5.42. The van der Waals surface area contributed by atoms with Crippen molar-refractivity contribution < 1.29 is 4.74 Å². The Balaban J connectivity index is 1.28. The van der Waals surface area contributed by atoms with E-state index in [4.69, 9.17) is 9.72 Å². The van der Waals surface area contributed by atoms with Crippen LogP contribution in [0.5, 0.6) is 5.75 Å². The van der Waals surface area contributed by atoms with Crippen LogP contribution in [-0.4, -0.2) is 26.0 Å². The quantitative estimate of drug-likeness (QED) is 0.374. The summed E-state index contributed by atoms with van der Waals surface area (Å²) in [5.74, 6) is 2.15. The molecule has 0 saturated heterocycles. The predicted molar refractivity (Wildman–Crippen MR) is 123 cm³/mol. The van der Waals surface area contributed by atoms with E-state index in [9.17, 15) is 0 Å². The summed E-state index contributed by atoms with van der Waals surface area (Å²) in [5.41, 5.74) is 3.54. The lowest BCUT2D eigenvalue weighted by atomic mass is 9.95. The Kier molecular flexibility index (Phi) is 5.64. The molecule has 1 aliphatic rings. The molecule has 1 fully saturated rings. The molecular weight excluding hydrogens is 388 g/mol. The summed E-state index contributed by atoms with van der Waals surface area (Å²) < 4.78 is 5.87. The molecule has 7 heteroatoms. The Bertz CT molecular complexity index is 1120. The molecule has 1 aliphatic carbocycles. The van der Waals surface area contributed by atoms with Crippen molar-refractivity contribution in [3.8, 4) is 5.75 Å². The first kappa shape index (κ1) is 19.4. The normalized spacial score (nSPS) is 14.5. The number of aromatic amines is 1. The van der Waals surface area contributed by atoms with Crippen molar-refractivity contribution in [2.45, 2.75) is 44.8 Å². The van der Waals surface area contributed by atoms with Crippen LogP contribution in [0.15, 0.2) is 60.9 Å². The number of anilines is 3. The number of benzene rings is 2. The lowest BCUT2D eigenvalue weighted by molar-refractivity contribution is 0.306. The zero-order chi connectivity index (χ0) is 20.9. The molecule has 2 aromatic heterocycles. The van der Waals surface area contributed by atoms with Gasteiger partial charge >= 0.3 is 0 Å². The largest absolute Gasteiger partial charge is 0.489 e. The fourth-order valence-corrected chi connectivity index (χ4v) is 3.94. The van der Waals surface area contributed by atoms with Gasteiger partial charge in [0.2, 0.25) is 5.95 Å². The molecule has 3 N–H and O–H groups in total. The smallest absolute Gasteiger partial charge is 0.231 e. The van der Waals surface area contributed by atoms with Crippen molar-refractivity contribution in [1.82, 2.24) is 19.9 Å². The number of nitrogens with zero attached hydrogens (tertiary/aromatic N) is 3. The number of H-pyrrole nitrogens is 1. The third kappa shape index (κ3) is 4.77. The van der Waals surface area contributed by atoms with E-state index in [-0.39, 0.29) is 0 Å². The highest BCUT2D eigenvalue weighted by atomic mass is 16.5. The lowest BCUT2D eigenvalue weighted by Crippen LogP contribution is -2.23. The number of aromatic nitrogens is 4. The molecule has 0 bridgehead atoms. The second-order valence-electron chi connectivity index (χ2n) is 7.90. The highest BCUT2D eigenvalue weighted by Crippen LogP contribution is 2.26. The second-order valence-corrected chi connectivity index (χ2v) is 7.90. The maximum absolute atomic E-state index is 5.87. The monoisotopic (exact) mass is 414 g/mol. The van der Waals surface area contributed by atoms with Gasteiger partial charge in [-0.25, -0.2) is 4.98 Å². The molecule has 2 aromatic carbocycles. The maximum atomic E-state index is 5.87. The van der Waals surface area contributed by atoms with E-state index >= 15 is 0 Å². The fourth-order valence-electron chi connectivity index (χ4n) is 3.94. The minimum absolute atomic E-state index is 0.448. The zero-order valence-electron chi connectivity index (χ0n) is 17.3. The van der Waals surface area contributed by atoms with Crippen LogP contribution in [-0.2, 0) is 6.61 Å². The topological polar surface area (TPSA) is 87.8 Å². The van der Waals surface area contributed by atoms with Crippen molar-refractivity contribution in [3.05, 3.63) is 66.5 Å². The SMILES string of the molecule is c1ccc(COc2ccc(Nc3nc(NC4CCCCC4)c4[nH]cnc4n3)cc2)cc1. The van der Waals surface area contributed by atoms with Crippen LogP contribution < -0.4 is 15.4 Å². The van der Waals surface area contributed by atoms with Crippen molar-refractivity contribution in [1.29, 1.82) is 0 Å². The van der Waals surface area contributed by atoms with Crippen molar-refractivity contribution in [2.24, 2.45) is 0 Å². The molecule has 0 spiro atoms. The van der Waals surface area contributed by atoms with Crippen LogP contribution in [0.1, 0.15) is 37.7 Å². The van der Waals surface area contributed by atoms with Crippen LogP contribution in [0.25, 0.3) is 11.2 Å². The molecule has 158 valence electrons. The van der Waals surface area contributed by atoms with E-state index in [0.29, 0.717) is 24.2 Å². The molecular formula is C24H26N6O. The molecule has 0 amide bonds. The molecule has 0 radical (unpaired) electrons.